The van der Waals surface area contributed by atoms with Crippen LogP contribution in [0.3, 0.4) is 0 Å². The Morgan fingerprint density at radius 2 is 1.84 bits per heavy atom. The number of alkyl carbamates (subject to hydrolysis) is 1. The zero-order valence-electron chi connectivity index (χ0n) is 11.8. The molecular formula is C13H23F2NO3. The van der Waals surface area contributed by atoms with Crippen LogP contribution >= 0.6 is 0 Å². The molecule has 1 amide bonds. The van der Waals surface area contributed by atoms with Crippen LogP contribution in [0.25, 0.3) is 0 Å². The van der Waals surface area contributed by atoms with Crippen molar-refractivity contribution < 1.29 is 23.4 Å². The van der Waals surface area contributed by atoms with Crippen LogP contribution in [0.4, 0.5) is 13.6 Å². The third-order valence-corrected chi connectivity index (χ3v) is 3.32. The first-order valence-corrected chi connectivity index (χ1v) is 6.62. The van der Waals surface area contributed by atoms with Crippen LogP contribution in [-0.4, -0.2) is 34.9 Å². The van der Waals surface area contributed by atoms with E-state index in [-0.39, 0.29) is 12.8 Å². The van der Waals surface area contributed by atoms with Crippen molar-refractivity contribution in [2.75, 3.05) is 6.61 Å². The van der Waals surface area contributed by atoms with E-state index in [9.17, 15) is 13.6 Å². The zero-order valence-corrected chi connectivity index (χ0v) is 11.8. The molecule has 19 heavy (non-hydrogen) atoms. The number of carbonyl (C=O) groups excluding carboxylic acids is 1. The molecule has 0 aromatic heterocycles. The summed E-state index contributed by atoms with van der Waals surface area (Å²) in [6.07, 6.45) is 0.210. The summed E-state index contributed by atoms with van der Waals surface area (Å²) in [6, 6.07) is 0. The van der Waals surface area contributed by atoms with Gasteiger partial charge in [0.05, 0.1) is 0 Å². The van der Waals surface area contributed by atoms with Crippen LogP contribution in [0.15, 0.2) is 0 Å². The molecule has 0 aliphatic heterocycles. The second-order valence-electron chi connectivity index (χ2n) is 6.09. The van der Waals surface area contributed by atoms with Crippen molar-refractivity contribution in [3.05, 3.63) is 0 Å². The van der Waals surface area contributed by atoms with E-state index in [0.717, 1.165) is 0 Å². The Morgan fingerprint density at radius 1 is 1.32 bits per heavy atom. The van der Waals surface area contributed by atoms with Gasteiger partial charge in [0.25, 0.3) is 5.92 Å². The van der Waals surface area contributed by atoms with Crippen LogP contribution < -0.4 is 5.32 Å². The highest BCUT2D eigenvalue weighted by atomic mass is 19.3. The number of halogens is 2. The predicted octanol–water partition coefficient (Wildman–Crippen LogP) is 2.84. The third kappa shape index (κ3) is 4.03. The Morgan fingerprint density at radius 3 is 2.26 bits per heavy atom. The van der Waals surface area contributed by atoms with E-state index in [1.54, 1.807) is 20.8 Å². The molecule has 1 aliphatic carbocycles. The summed E-state index contributed by atoms with van der Waals surface area (Å²) < 4.78 is 33.3. The van der Waals surface area contributed by atoms with Gasteiger partial charge in [-0.1, -0.05) is 12.8 Å². The molecule has 0 radical (unpaired) electrons. The fourth-order valence-electron chi connectivity index (χ4n) is 2.44. The van der Waals surface area contributed by atoms with Crippen molar-refractivity contribution in [3.8, 4) is 0 Å². The van der Waals surface area contributed by atoms with Crippen LogP contribution in [0, 0.1) is 0 Å². The lowest BCUT2D eigenvalue weighted by Crippen LogP contribution is -2.59. The van der Waals surface area contributed by atoms with Crippen molar-refractivity contribution in [1.82, 2.24) is 5.32 Å². The first kappa shape index (κ1) is 16.1. The fraction of sp³-hybridized carbons (Fsp3) is 0.923. The number of amides is 1. The molecule has 1 aliphatic rings. The number of rotatable bonds is 4. The molecule has 0 bridgehead atoms. The molecular weight excluding hydrogens is 256 g/mol. The molecule has 0 saturated heterocycles. The fourth-order valence-corrected chi connectivity index (χ4v) is 2.44. The molecule has 0 unspecified atom stereocenters. The molecule has 1 saturated carbocycles. The summed E-state index contributed by atoms with van der Waals surface area (Å²) in [6.45, 7) is 4.43. The molecule has 1 fully saturated rings. The van der Waals surface area contributed by atoms with Crippen LogP contribution in [-0.2, 0) is 4.74 Å². The molecule has 0 atom stereocenters. The highest BCUT2D eigenvalue weighted by molar-refractivity contribution is 5.69. The number of carbonyl (C=O) groups is 1. The number of hydrogen-bond acceptors (Lipinski definition) is 3. The standard InChI is InChI=1S/C13H23F2NO3/c1-11(2,3)19-10(18)16-12(6-4-5-7-12)13(14,15)8-9-17/h17H,4-9H2,1-3H3,(H,16,18). The minimum Gasteiger partial charge on any atom is -0.444 e. The Balaban J connectivity index is 2.80. The van der Waals surface area contributed by atoms with Gasteiger partial charge in [-0.15, -0.1) is 0 Å². The Kier molecular flexibility index (Phi) is 4.76. The molecule has 0 spiro atoms. The van der Waals surface area contributed by atoms with E-state index >= 15 is 0 Å². The monoisotopic (exact) mass is 279 g/mol. The van der Waals surface area contributed by atoms with Gasteiger partial charge in [-0.2, -0.15) is 0 Å². The predicted molar refractivity (Wildman–Crippen MR) is 67.2 cm³/mol. The summed E-state index contributed by atoms with van der Waals surface area (Å²) >= 11 is 0. The minimum absolute atomic E-state index is 0.208. The maximum Gasteiger partial charge on any atom is 0.408 e. The Hall–Kier alpha value is -0.910. The summed E-state index contributed by atoms with van der Waals surface area (Å²) in [7, 11) is 0. The first-order valence-electron chi connectivity index (χ1n) is 6.62. The number of ether oxygens (including phenoxy) is 1. The van der Waals surface area contributed by atoms with Crippen molar-refractivity contribution in [1.29, 1.82) is 0 Å². The van der Waals surface area contributed by atoms with Crippen LogP contribution in [0.5, 0.6) is 0 Å². The van der Waals surface area contributed by atoms with Gasteiger partial charge in [-0.05, 0) is 33.6 Å². The Labute approximate surface area is 112 Å². The summed E-state index contributed by atoms with van der Waals surface area (Å²) in [5, 5.41) is 11.1. The third-order valence-electron chi connectivity index (χ3n) is 3.32. The van der Waals surface area contributed by atoms with Gasteiger partial charge in [0, 0.05) is 13.0 Å². The highest BCUT2D eigenvalue weighted by Crippen LogP contribution is 2.43. The smallest absolute Gasteiger partial charge is 0.408 e. The molecule has 2 N–H and O–H groups in total. The number of hydrogen-bond donors (Lipinski definition) is 2. The van der Waals surface area contributed by atoms with Crippen molar-refractivity contribution in [2.45, 2.75) is 69.9 Å². The van der Waals surface area contributed by atoms with E-state index in [1.807, 2.05) is 0 Å². The highest BCUT2D eigenvalue weighted by Gasteiger charge is 2.55. The number of alkyl halides is 2. The second-order valence-corrected chi connectivity index (χ2v) is 6.09. The van der Waals surface area contributed by atoms with Crippen molar-refractivity contribution in [3.63, 3.8) is 0 Å². The molecule has 112 valence electrons. The average Bonchev–Trinajstić information content (AvgIpc) is 2.64. The maximum atomic E-state index is 14.1. The number of aliphatic hydroxyl groups is 1. The first-order chi connectivity index (χ1) is 8.62. The minimum atomic E-state index is -3.13. The van der Waals surface area contributed by atoms with Gasteiger partial charge >= 0.3 is 6.09 Å². The lowest BCUT2D eigenvalue weighted by Gasteiger charge is -2.38. The lowest BCUT2D eigenvalue weighted by molar-refractivity contribution is -0.102. The number of aliphatic hydroxyl groups excluding tert-OH is 1. The van der Waals surface area contributed by atoms with Crippen molar-refractivity contribution in [2.24, 2.45) is 0 Å². The molecule has 1 rings (SSSR count). The largest absolute Gasteiger partial charge is 0.444 e. The summed E-state index contributed by atoms with van der Waals surface area (Å²) in [5.41, 5.74) is -2.31. The van der Waals surface area contributed by atoms with Gasteiger partial charge in [-0.3, -0.25) is 0 Å². The SMILES string of the molecule is CC(C)(C)OC(=O)NC1(C(F)(F)CCO)CCCC1. The average molecular weight is 279 g/mol. The van der Waals surface area contributed by atoms with Gasteiger partial charge in [0.1, 0.15) is 11.1 Å². The van der Waals surface area contributed by atoms with Crippen molar-refractivity contribution >= 4 is 6.09 Å². The quantitative estimate of drug-likeness (QED) is 0.832. The molecule has 6 heteroatoms. The maximum absolute atomic E-state index is 14.1. The van der Waals surface area contributed by atoms with E-state index in [0.29, 0.717) is 12.8 Å². The van der Waals surface area contributed by atoms with E-state index < -0.39 is 36.2 Å². The van der Waals surface area contributed by atoms with Gasteiger partial charge < -0.3 is 15.2 Å². The summed E-state index contributed by atoms with van der Waals surface area (Å²) in [4.78, 5) is 11.7. The van der Waals surface area contributed by atoms with E-state index in [2.05, 4.69) is 5.32 Å². The van der Waals surface area contributed by atoms with Crippen LogP contribution in [0.2, 0.25) is 0 Å². The zero-order chi connectivity index (χ0) is 14.7. The molecule has 0 heterocycles. The molecule has 0 aromatic carbocycles. The van der Waals surface area contributed by atoms with Gasteiger partial charge in [0.15, 0.2) is 0 Å². The van der Waals surface area contributed by atoms with Gasteiger partial charge in [0.2, 0.25) is 0 Å². The normalized spacial score (nSPS) is 19.3. The number of nitrogens with one attached hydrogen (secondary N) is 1. The summed E-state index contributed by atoms with van der Waals surface area (Å²) in [5.74, 6) is -3.13. The van der Waals surface area contributed by atoms with Crippen LogP contribution in [0.1, 0.15) is 52.9 Å². The van der Waals surface area contributed by atoms with E-state index in [1.165, 1.54) is 0 Å². The molecule has 0 aromatic rings. The van der Waals surface area contributed by atoms with Gasteiger partial charge in [-0.25, -0.2) is 13.6 Å². The van der Waals surface area contributed by atoms with E-state index in [4.69, 9.17) is 9.84 Å². The molecule has 4 nitrogen and oxygen atoms in total. The topological polar surface area (TPSA) is 58.6 Å². The lowest BCUT2D eigenvalue weighted by atomic mass is 9.87. The Bertz CT molecular complexity index is 320. The second kappa shape index (κ2) is 5.61.